The second kappa shape index (κ2) is 7.33. The van der Waals surface area contributed by atoms with E-state index in [1.807, 2.05) is 0 Å². The number of carbonyl (C=O) groups excluding carboxylic acids is 1. The fraction of sp³-hybridized carbons (Fsp3) is 0.278. The van der Waals surface area contributed by atoms with Crippen LogP contribution in [-0.2, 0) is 14.6 Å². The van der Waals surface area contributed by atoms with Gasteiger partial charge in [-0.3, -0.25) is 4.79 Å². The third-order valence-electron chi connectivity index (χ3n) is 4.22. The van der Waals surface area contributed by atoms with Crippen LogP contribution in [0.3, 0.4) is 0 Å². The fourth-order valence-corrected chi connectivity index (χ4v) is 4.31. The van der Waals surface area contributed by atoms with Crippen molar-refractivity contribution in [2.24, 2.45) is 0 Å². The standard InChI is InChI=1S/C18H17BrClNO5S/c1-18(2,27(23,24)12-5-3-11(19)4-6-12)17(22)21-14-10-16-15(9-13(14)20)25-7-8-26-16/h3-6,9-10H,7-8H2,1-2H3,(H,21,22). The number of hydrogen-bond acceptors (Lipinski definition) is 5. The minimum Gasteiger partial charge on any atom is -0.486 e. The molecule has 1 N–H and O–H groups in total. The maximum Gasteiger partial charge on any atom is 0.245 e. The average Bonchev–Trinajstić information content (AvgIpc) is 2.62. The Morgan fingerprint density at radius 1 is 1.11 bits per heavy atom. The number of nitrogens with one attached hydrogen (secondary N) is 1. The number of ether oxygens (including phenoxy) is 2. The van der Waals surface area contributed by atoms with Crippen LogP contribution in [-0.4, -0.2) is 32.3 Å². The molecule has 0 unspecified atom stereocenters. The first-order chi connectivity index (χ1) is 12.6. The van der Waals surface area contributed by atoms with Gasteiger partial charge in [0.15, 0.2) is 21.3 Å². The van der Waals surface area contributed by atoms with Crippen molar-refractivity contribution in [3.63, 3.8) is 0 Å². The third kappa shape index (κ3) is 3.79. The Kier molecular flexibility index (Phi) is 5.42. The Morgan fingerprint density at radius 3 is 2.26 bits per heavy atom. The molecule has 3 rings (SSSR count). The molecule has 0 radical (unpaired) electrons. The van der Waals surface area contributed by atoms with E-state index in [1.54, 1.807) is 12.1 Å². The van der Waals surface area contributed by atoms with E-state index in [0.29, 0.717) is 24.7 Å². The first-order valence-electron chi connectivity index (χ1n) is 8.04. The summed E-state index contributed by atoms with van der Waals surface area (Å²) in [6.45, 7) is 3.50. The molecule has 1 amide bonds. The first kappa shape index (κ1) is 20.0. The second-order valence-corrected chi connectivity index (χ2v) is 10.2. The number of hydrogen-bond donors (Lipinski definition) is 1. The lowest BCUT2D eigenvalue weighted by atomic mass is 10.2. The maximum atomic E-state index is 13.0. The van der Waals surface area contributed by atoms with Gasteiger partial charge in [-0.25, -0.2) is 8.42 Å². The lowest BCUT2D eigenvalue weighted by Crippen LogP contribution is -2.44. The zero-order chi connectivity index (χ0) is 19.8. The molecule has 0 aliphatic carbocycles. The Bertz CT molecular complexity index is 990. The van der Waals surface area contributed by atoms with Gasteiger partial charge in [0.1, 0.15) is 18.0 Å². The highest BCUT2D eigenvalue weighted by Gasteiger charge is 2.43. The van der Waals surface area contributed by atoms with Gasteiger partial charge in [-0.1, -0.05) is 27.5 Å². The quantitative estimate of drug-likeness (QED) is 0.722. The van der Waals surface area contributed by atoms with Gasteiger partial charge in [0.2, 0.25) is 5.91 Å². The van der Waals surface area contributed by atoms with Crippen LogP contribution in [0.2, 0.25) is 5.02 Å². The molecule has 0 spiro atoms. The van der Waals surface area contributed by atoms with E-state index in [0.717, 1.165) is 4.47 Å². The van der Waals surface area contributed by atoms with E-state index in [-0.39, 0.29) is 15.6 Å². The molecule has 2 aromatic carbocycles. The van der Waals surface area contributed by atoms with Crippen LogP contribution in [0.25, 0.3) is 0 Å². The van der Waals surface area contributed by atoms with Crippen molar-refractivity contribution in [3.8, 4) is 11.5 Å². The Balaban J connectivity index is 1.89. The Morgan fingerprint density at radius 2 is 1.67 bits per heavy atom. The molecule has 0 atom stereocenters. The zero-order valence-electron chi connectivity index (χ0n) is 14.6. The number of halogens is 2. The molecule has 1 aliphatic heterocycles. The molecule has 6 nitrogen and oxygen atoms in total. The zero-order valence-corrected chi connectivity index (χ0v) is 17.7. The second-order valence-electron chi connectivity index (χ2n) is 6.40. The predicted octanol–water partition coefficient (Wildman–Crippen LogP) is 4.06. The third-order valence-corrected chi connectivity index (χ3v) is 7.49. The van der Waals surface area contributed by atoms with E-state index in [9.17, 15) is 13.2 Å². The highest BCUT2D eigenvalue weighted by molar-refractivity contribution is 9.10. The fourth-order valence-electron chi connectivity index (χ4n) is 2.46. The van der Waals surface area contributed by atoms with Crippen molar-refractivity contribution in [2.75, 3.05) is 18.5 Å². The summed E-state index contributed by atoms with van der Waals surface area (Å²) in [5.41, 5.74) is 0.255. The Hall–Kier alpha value is -1.77. The minimum absolute atomic E-state index is 0.0547. The van der Waals surface area contributed by atoms with E-state index in [1.165, 1.54) is 38.1 Å². The molecule has 0 saturated heterocycles. The van der Waals surface area contributed by atoms with Gasteiger partial charge >= 0.3 is 0 Å². The monoisotopic (exact) mass is 473 g/mol. The largest absolute Gasteiger partial charge is 0.486 e. The smallest absolute Gasteiger partial charge is 0.245 e. The summed E-state index contributed by atoms with van der Waals surface area (Å²) in [7, 11) is -3.94. The molecule has 1 heterocycles. The highest BCUT2D eigenvalue weighted by Crippen LogP contribution is 2.38. The summed E-state index contributed by atoms with van der Waals surface area (Å²) in [4.78, 5) is 12.9. The number of carbonyl (C=O) groups is 1. The summed E-state index contributed by atoms with van der Waals surface area (Å²) < 4.78 is 35.8. The number of fused-ring (bicyclic) bond motifs is 1. The first-order valence-corrected chi connectivity index (χ1v) is 10.7. The molecule has 0 bridgehead atoms. The SMILES string of the molecule is CC(C)(C(=O)Nc1cc2c(cc1Cl)OCCO2)S(=O)(=O)c1ccc(Br)cc1. The number of rotatable bonds is 4. The molecule has 0 saturated carbocycles. The van der Waals surface area contributed by atoms with Gasteiger partial charge in [0.05, 0.1) is 15.6 Å². The van der Waals surface area contributed by atoms with Crippen molar-refractivity contribution in [3.05, 3.63) is 45.9 Å². The number of anilines is 1. The average molecular weight is 475 g/mol. The Labute approximate surface area is 170 Å². The molecule has 144 valence electrons. The van der Waals surface area contributed by atoms with Crippen LogP contribution < -0.4 is 14.8 Å². The number of benzene rings is 2. The van der Waals surface area contributed by atoms with E-state index in [2.05, 4.69) is 21.2 Å². The van der Waals surface area contributed by atoms with Crippen LogP contribution in [0.4, 0.5) is 5.69 Å². The van der Waals surface area contributed by atoms with Crippen LogP contribution in [0.5, 0.6) is 11.5 Å². The molecule has 1 aliphatic rings. The van der Waals surface area contributed by atoms with Crippen LogP contribution in [0.1, 0.15) is 13.8 Å². The van der Waals surface area contributed by atoms with Gasteiger partial charge in [0, 0.05) is 16.6 Å². The van der Waals surface area contributed by atoms with Crippen LogP contribution >= 0.6 is 27.5 Å². The molecular formula is C18H17BrClNO5S. The molecule has 27 heavy (non-hydrogen) atoms. The summed E-state index contributed by atoms with van der Waals surface area (Å²) in [5.74, 6) is 0.213. The number of amides is 1. The van der Waals surface area contributed by atoms with Crippen LogP contribution in [0, 0.1) is 0 Å². The summed E-state index contributed by atoms with van der Waals surface area (Å²) in [6.07, 6.45) is 0. The molecule has 9 heteroatoms. The van der Waals surface area contributed by atoms with Crippen molar-refractivity contribution in [2.45, 2.75) is 23.5 Å². The van der Waals surface area contributed by atoms with Gasteiger partial charge in [-0.05, 0) is 38.1 Å². The van der Waals surface area contributed by atoms with Crippen LogP contribution in [0.15, 0.2) is 45.8 Å². The van der Waals surface area contributed by atoms with Crippen molar-refractivity contribution in [1.29, 1.82) is 0 Å². The van der Waals surface area contributed by atoms with Gasteiger partial charge in [-0.2, -0.15) is 0 Å². The number of sulfone groups is 1. The summed E-state index contributed by atoms with van der Waals surface area (Å²) in [5, 5.41) is 2.82. The van der Waals surface area contributed by atoms with Gasteiger partial charge < -0.3 is 14.8 Å². The summed E-state index contributed by atoms with van der Waals surface area (Å²) >= 11 is 9.46. The van der Waals surface area contributed by atoms with Crippen molar-refractivity contribution in [1.82, 2.24) is 0 Å². The lowest BCUT2D eigenvalue weighted by molar-refractivity contribution is -0.117. The van der Waals surface area contributed by atoms with Gasteiger partial charge in [-0.15, -0.1) is 0 Å². The highest BCUT2D eigenvalue weighted by atomic mass is 79.9. The summed E-state index contributed by atoms with van der Waals surface area (Å²) in [6, 6.07) is 9.17. The van der Waals surface area contributed by atoms with Gasteiger partial charge in [0.25, 0.3) is 0 Å². The van der Waals surface area contributed by atoms with E-state index < -0.39 is 20.5 Å². The maximum absolute atomic E-state index is 13.0. The molecule has 0 fully saturated rings. The van der Waals surface area contributed by atoms with E-state index in [4.69, 9.17) is 21.1 Å². The molecule has 2 aromatic rings. The van der Waals surface area contributed by atoms with Crippen molar-refractivity contribution >= 4 is 49.0 Å². The lowest BCUT2D eigenvalue weighted by Gasteiger charge is -2.25. The normalized spacial score (nSPS) is 13.9. The van der Waals surface area contributed by atoms with Crippen molar-refractivity contribution < 1.29 is 22.7 Å². The predicted molar refractivity (Wildman–Crippen MR) is 106 cm³/mol. The minimum atomic E-state index is -3.94. The topological polar surface area (TPSA) is 81.7 Å². The molecular weight excluding hydrogens is 458 g/mol. The van der Waals surface area contributed by atoms with E-state index >= 15 is 0 Å². The molecule has 0 aromatic heterocycles.